The van der Waals surface area contributed by atoms with Gasteiger partial charge < -0.3 is 10.2 Å². The van der Waals surface area contributed by atoms with Crippen LogP contribution in [0.5, 0.6) is 0 Å². The van der Waals surface area contributed by atoms with Gasteiger partial charge >= 0.3 is 0 Å². The molecule has 1 heterocycles. The molecule has 1 atom stereocenters. The maximum absolute atomic E-state index is 4.60. The summed E-state index contributed by atoms with van der Waals surface area (Å²) in [4.78, 5) is 6.88. The van der Waals surface area contributed by atoms with E-state index in [9.17, 15) is 0 Å². The predicted octanol–water partition coefficient (Wildman–Crippen LogP) is 6.00. The molecule has 1 aromatic carbocycles. The summed E-state index contributed by atoms with van der Waals surface area (Å²) in [5.74, 6) is 1.32. The fourth-order valence-electron chi connectivity index (χ4n) is 3.72. The highest BCUT2D eigenvalue weighted by Gasteiger charge is 2.22. The molecule has 1 aromatic heterocycles. The number of hydrogen-bond donors (Lipinski definition) is 1. The van der Waals surface area contributed by atoms with Gasteiger partial charge in [-0.05, 0) is 49.1 Å². The third-order valence-electron chi connectivity index (χ3n) is 5.09. The van der Waals surface area contributed by atoms with Crippen LogP contribution in [0.15, 0.2) is 96.4 Å². The van der Waals surface area contributed by atoms with Crippen molar-refractivity contribution in [3.05, 3.63) is 96.4 Å². The zero-order valence-electron chi connectivity index (χ0n) is 15.7. The molecule has 0 aliphatic heterocycles. The van der Waals surface area contributed by atoms with Gasteiger partial charge in [-0.2, -0.15) is 0 Å². The van der Waals surface area contributed by atoms with Gasteiger partial charge in [0.1, 0.15) is 0 Å². The van der Waals surface area contributed by atoms with Crippen molar-refractivity contribution in [2.75, 3.05) is 17.3 Å². The van der Waals surface area contributed by atoms with E-state index in [-0.39, 0.29) is 0 Å². The minimum absolute atomic E-state index is 0.450. The monoisotopic (exact) mass is 355 g/mol. The lowest BCUT2D eigenvalue weighted by molar-refractivity contribution is 0.744. The van der Waals surface area contributed by atoms with E-state index in [0.717, 1.165) is 36.5 Å². The van der Waals surface area contributed by atoms with Crippen LogP contribution in [0.1, 0.15) is 19.3 Å². The Labute approximate surface area is 161 Å². The van der Waals surface area contributed by atoms with Gasteiger partial charge in [0.2, 0.25) is 0 Å². The number of anilines is 3. The number of nitrogens with one attached hydrogen (secondary N) is 1. The Kier molecular flexibility index (Phi) is 5.20. The maximum Gasteiger partial charge on any atom is 0.154 e. The summed E-state index contributed by atoms with van der Waals surface area (Å²) in [6.07, 6.45) is 18.7. The highest BCUT2D eigenvalue weighted by atomic mass is 15.2. The Morgan fingerprint density at radius 2 is 1.85 bits per heavy atom. The summed E-state index contributed by atoms with van der Waals surface area (Å²) in [6, 6.07) is 14.3. The van der Waals surface area contributed by atoms with Crippen molar-refractivity contribution >= 4 is 17.2 Å². The zero-order chi connectivity index (χ0) is 18.5. The van der Waals surface area contributed by atoms with Crippen molar-refractivity contribution in [2.24, 2.45) is 5.92 Å². The maximum atomic E-state index is 4.60. The minimum atomic E-state index is 0.450. The van der Waals surface area contributed by atoms with Crippen LogP contribution in [0.3, 0.4) is 0 Å². The quantitative estimate of drug-likeness (QED) is 0.713. The van der Waals surface area contributed by atoms with Gasteiger partial charge in [0.05, 0.1) is 5.69 Å². The van der Waals surface area contributed by atoms with Crippen molar-refractivity contribution < 1.29 is 0 Å². The van der Waals surface area contributed by atoms with Crippen LogP contribution >= 0.6 is 0 Å². The van der Waals surface area contributed by atoms with Gasteiger partial charge in [-0.1, -0.05) is 54.7 Å². The second kappa shape index (κ2) is 8.09. The van der Waals surface area contributed by atoms with Gasteiger partial charge in [-0.25, -0.2) is 4.98 Å². The van der Waals surface area contributed by atoms with E-state index in [1.54, 1.807) is 0 Å². The molecule has 0 amide bonds. The van der Waals surface area contributed by atoms with Crippen molar-refractivity contribution in [3.8, 4) is 0 Å². The van der Waals surface area contributed by atoms with Crippen molar-refractivity contribution in [2.45, 2.75) is 19.3 Å². The van der Waals surface area contributed by atoms with Gasteiger partial charge in [-0.3, -0.25) is 0 Å². The number of aromatic nitrogens is 1. The molecule has 27 heavy (non-hydrogen) atoms. The third kappa shape index (κ3) is 3.87. The van der Waals surface area contributed by atoms with E-state index in [2.05, 4.69) is 76.9 Å². The summed E-state index contributed by atoms with van der Waals surface area (Å²) in [7, 11) is 2.14. The van der Waals surface area contributed by atoms with Crippen molar-refractivity contribution in [3.63, 3.8) is 0 Å². The number of hydrogen-bond acceptors (Lipinski definition) is 3. The van der Waals surface area contributed by atoms with E-state index in [0.29, 0.717) is 5.92 Å². The highest BCUT2D eigenvalue weighted by Crippen LogP contribution is 2.36. The molecule has 3 heteroatoms. The summed E-state index contributed by atoms with van der Waals surface area (Å²) >= 11 is 0. The molecular weight excluding hydrogens is 330 g/mol. The summed E-state index contributed by atoms with van der Waals surface area (Å²) in [6.45, 7) is 0. The Bertz CT molecular complexity index is 906. The van der Waals surface area contributed by atoms with Crippen LogP contribution in [0.4, 0.5) is 17.2 Å². The Hall–Kier alpha value is -3.07. The molecule has 0 saturated heterocycles. The molecule has 4 rings (SSSR count). The lowest BCUT2D eigenvalue weighted by atomic mass is 9.86. The van der Waals surface area contributed by atoms with Gasteiger partial charge in [0, 0.05) is 30.5 Å². The SMILES string of the molecule is CN(C1=CCCC=C1C1C=CC=CC1)c1cccnc1Nc1ccccc1. The zero-order valence-corrected chi connectivity index (χ0v) is 15.7. The normalized spacial score (nSPS) is 18.6. The number of pyridine rings is 1. The fraction of sp³-hybridized carbons (Fsp3) is 0.208. The molecule has 1 unspecified atom stereocenters. The summed E-state index contributed by atoms with van der Waals surface area (Å²) < 4.78 is 0. The van der Waals surface area contributed by atoms with Gasteiger partial charge in [-0.15, -0.1) is 0 Å². The predicted molar refractivity (Wildman–Crippen MR) is 114 cm³/mol. The molecule has 136 valence electrons. The lowest BCUT2D eigenvalue weighted by Gasteiger charge is -2.31. The molecule has 0 radical (unpaired) electrons. The first-order valence-corrected chi connectivity index (χ1v) is 9.57. The van der Waals surface area contributed by atoms with Crippen LogP contribution in [0.25, 0.3) is 0 Å². The first-order valence-electron chi connectivity index (χ1n) is 9.57. The molecule has 2 aliphatic carbocycles. The highest BCUT2D eigenvalue weighted by molar-refractivity contribution is 5.74. The Balaban J connectivity index is 1.63. The molecular formula is C24H25N3. The van der Waals surface area contributed by atoms with Gasteiger partial charge in [0.15, 0.2) is 5.82 Å². The molecule has 0 bridgehead atoms. The fourth-order valence-corrected chi connectivity index (χ4v) is 3.72. The molecule has 2 aromatic rings. The van der Waals surface area contributed by atoms with Crippen molar-refractivity contribution in [1.82, 2.24) is 4.98 Å². The molecule has 0 spiro atoms. The molecule has 0 fully saturated rings. The summed E-state index contributed by atoms with van der Waals surface area (Å²) in [5, 5.41) is 3.46. The second-order valence-electron chi connectivity index (χ2n) is 6.90. The summed E-state index contributed by atoms with van der Waals surface area (Å²) in [5.41, 5.74) is 4.82. The Morgan fingerprint density at radius 1 is 1.00 bits per heavy atom. The van der Waals surface area contributed by atoms with E-state index < -0.39 is 0 Å². The van der Waals surface area contributed by atoms with E-state index in [1.165, 1.54) is 11.3 Å². The second-order valence-corrected chi connectivity index (χ2v) is 6.90. The first kappa shape index (κ1) is 17.3. The number of allylic oxidation sites excluding steroid dienone is 7. The lowest BCUT2D eigenvalue weighted by Crippen LogP contribution is -2.23. The third-order valence-corrected chi connectivity index (χ3v) is 5.09. The first-order chi connectivity index (χ1) is 13.3. The van der Waals surface area contributed by atoms with E-state index in [4.69, 9.17) is 0 Å². The topological polar surface area (TPSA) is 28.2 Å². The molecule has 1 N–H and O–H groups in total. The van der Waals surface area contributed by atoms with E-state index >= 15 is 0 Å². The largest absolute Gasteiger partial charge is 0.342 e. The van der Waals surface area contributed by atoms with Crippen LogP contribution in [-0.2, 0) is 0 Å². The molecule has 0 saturated carbocycles. The number of benzene rings is 1. The Morgan fingerprint density at radius 3 is 2.67 bits per heavy atom. The average Bonchev–Trinajstić information content (AvgIpc) is 2.75. The van der Waals surface area contributed by atoms with Crippen molar-refractivity contribution in [1.29, 1.82) is 0 Å². The smallest absolute Gasteiger partial charge is 0.154 e. The minimum Gasteiger partial charge on any atom is -0.342 e. The number of para-hydroxylation sites is 1. The molecule has 3 nitrogen and oxygen atoms in total. The molecule has 2 aliphatic rings. The standard InChI is InChI=1S/C24H25N3/c1-27(22-16-9-8-15-21(22)19-11-4-2-5-12-19)23-17-10-18-25-24(23)26-20-13-6-3-7-14-20/h2-7,10-11,13-19H,8-9,12H2,1H3,(H,25,26). The van der Waals surface area contributed by atoms with Crippen LogP contribution in [0, 0.1) is 5.92 Å². The number of likely N-dealkylation sites (N-methyl/N-ethyl adjacent to an activating group) is 1. The number of rotatable bonds is 5. The van der Waals surface area contributed by atoms with Crippen LogP contribution in [0.2, 0.25) is 0 Å². The average molecular weight is 355 g/mol. The van der Waals surface area contributed by atoms with Gasteiger partial charge in [0.25, 0.3) is 0 Å². The van der Waals surface area contributed by atoms with Crippen LogP contribution < -0.4 is 10.2 Å². The number of nitrogens with zero attached hydrogens (tertiary/aromatic N) is 2. The van der Waals surface area contributed by atoms with E-state index in [1.807, 2.05) is 30.5 Å². The van der Waals surface area contributed by atoms with Crippen LogP contribution in [-0.4, -0.2) is 12.0 Å².